The minimum atomic E-state index is -1.01. The summed E-state index contributed by atoms with van der Waals surface area (Å²) in [5.41, 5.74) is 1.36. The quantitative estimate of drug-likeness (QED) is 0.707. The van der Waals surface area contributed by atoms with Gasteiger partial charge in [0.2, 0.25) is 5.91 Å². The summed E-state index contributed by atoms with van der Waals surface area (Å²) in [5.74, 6) is -1.11. The number of aliphatic carboxylic acids is 1. The number of ether oxygens (including phenoxy) is 1. The first-order valence-electron chi connectivity index (χ1n) is 6.75. The number of rotatable bonds is 5. The van der Waals surface area contributed by atoms with Crippen LogP contribution in [0.4, 0.5) is 5.69 Å². The molecule has 0 radical (unpaired) electrons. The summed E-state index contributed by atoms with van der Waals surface area (Å²) < 4.78 is 5.30. The molecular formula is C15H18N2O4. The van der Waals surface area contributed by atoms with Gasteiger partial charge in [-0.3, -0.25) is 4.79 Å². The second kappa shape index (κ2) is 7.56. The number of carboxylic acids is 1. The highest BCUT2D eigenvalue weighted by atomic mass is 16.5. The van der Waals surface area contributed by atoms with E-state index in [0.29, 0.717) is 30.9 Å². The van der Waals surface area contributed by atoms with Gasteiger partial charge in [0, 0.05) is 30.8 Å². The van der Waals surface area contributed by atoms with Crippen molar-refractivity contribution >= 4 is 23.6 Å². The smallest absolute Gasteiger partial charge is 0.328 e. The Balaban J connectivity index is 1.90. The highest BCUT2D eigenvalue weighted by Gasteiger charge is 2.16. The van der Waals surface area contributed by atoms with E-state index in [1.54, 1.807) is 24.3 Å². The van der Waals surface area contributed by atoms with Crippen molar-refractivity contribution in [2.75, 3.05) is 25.1 Å². The lowest BCUT2D eigenvalue weighted by Crippen LogP contribution is -2.43. The Morgan fingerprint density at radius 2 is 2.33 bits per heavy atom. The predicted octanol–water partition coefficient (Wildman–Crippen LogP) is 1.10. The minimum Gasteiger partial charge on any atom is -0.478 e. The molecule has 1 fully saturated rings. The van der Waals surface area contributed by atoms with Crippen LogP contribution in [-0.4, -0.2) is 42.8 Å². The van der Waals surface area contributed by atoms with Crippen molar-refractivity contribution in [2.45, 2.75) is 12.5 Å². The number of carbonyl (C=O) groups is 2. The van der Waals surface area contributed by atoms with Crippen LogP contribution in [0.5, 0.6) is 0 Å². The maximum atomic E-state index is 11.9. The van der Waals surface area contributed by atoms with Gasteiger partial charge in [-0.2, -0.15) is 0 Å². The first kappa shape index (κ1) is 15.2. The molecule has 1 unspecified atom stereocenters. The fraction of sp³-hybridized carbons (Fsp3) is 0.333. The van der Waals surface area contributed by atoms with Gasteiger partial charge in [-0.15, -0.1) is 0 Å². The molecule has 2 rings (SSSR count). The molecule has 3 N–H and O–H groups in total. The molecule has 1 aliphatic heterocycles. The van der Waals surface area contributed by atoms with Crippen LogP contribution in [0.3, 0.4) is 0 Å². The second-order valence-corrected chi connectivity index (χ2v) is 4.78. The lowest BCUT2D eigenvalue weighted by Gasteiger charge is -2.23. The van der Waals surface area contributed by atoms with E-state index in [1.165, 1.54) is 6.08 Å². The van der Waals surface area contributed by atoms with Gasteiger partial charge in [0.05, 0.1) is 13.2 Å². The molecule has 0 aliphatic carbocycles. The van der Waals surface area contributed by atoms with Crippen molar-refractivity contribution in [2.24, 2.45) is 0 Å². The monoisotopic (exact) mass is 290 g/mol. The lowest BCUT2D eigenvalue weighted by atomic mass is 10.1. The molecule has 1 aromatic rings. The van der Waals surface area contributed by atoms with Crippen molar-refractivity contribution in [3.63, 3.8) is 0 Å². The molecule has 112 valence electrons. The number of nitrogens with one attached hydrogen (secondary N) is 2. The molecule has 1 amide bonds. The third kappa shape index (κ3) is 5.37. The van der Waals surface area contributed by atoms with Gasteiger partial charge in [-0.05, 0) is 23.8 Å². The molecule has 21 heavy (non-hydrogen) atoms. The van der Waals surface area contributed by atoms with Crippen molar-refractivity contribution in [1.82, 2.24) is 5.32 Å². The van der Waals surface area contributed by atoms with E-state index in [2.05, 4.69) is 10.6 Å². The van der Waals surface area contributed by atoms with E-state index in [4.69, 9.17) is 9.84 Å². The summed E-state index contributed by atoms with van der Waals surface area (Å²) in [7, 11) is 0. The summed E-state index contributed by atoms with van der Waals surface area (Å²) in [6.45, 7) is 1.97. The first-order chi connectivity index (χ1) is 10.1. The minimum absolute atomic E-state index is 0.0360. The third-order valence-corrected chi connectivity index (χ3v) is 3.02. The van der Waals surface area contributed by atoms with E-state index in [0.717, 1.165) is 12.6 Å². The van der Waals surface area contributed by atoms with Gasteiger partial charge in [-0.1, -0.05) is 12.1 Å². The average molecular weight is 290 g/mol. The van der Waals surface area contributed by atoms with Crippen LogP contribution in [0.15, 0.2) is 30.3 Å². The normalized spacial score (nSPS) is 18.6. The number of hydrogen-bond acceptors (Lipinski definition) is 4. The van der Waals surface area contributed by atoms with Gasteiger partial charge in [0.25, 0.3) is 0 Å². The zero-order valence-corrected chi connectivity index (χ0v) is 11.5. The Bertz CT molecular complexity index is 536. The Kier molecular flexibility index (Phi) is 5.48. The molecule has 1 aromatic carbocycles. The fourth-order valence-electron chi connectivity index (χ4n) is 2.07. The summed E-state index contributed by atoms with van der Waals surface area (Å²) in [5, 5.41) is 14.6. The fourth-order valence-corrected chi connectivity index (χ4v) is 2.07. The van der Waals surface area contributed by atoms with Crippen LogP contribution in [0.2, 0.25) is 0 Å². The van der Waals surface area contributed by atoms with Crippen molar-refractivity contribution in [1.29, 1.82) is 0 Å². The largest absolute Gasteiger partial charge is 0.478 e. The molecule has 6 heteroatoms. The maximum absolute atomic E-state index is 11.9. The molecule has 0 saturated carbocycles. The summed E-state index contributed by atoms with van der Waals surface area (Å²) in [6.07, 6.45) is 2.88. The van der Waals surface area contributed by atoms with Crippen LogP contribution >= 0.6 is 0 Å². The van der Waals surface area contributed by atoms with Crippen LogP contribution in [0.25, 0.3) is 6.08 Å². The molecule has 1 heterocycles. The van der Waals surface area contributed by atoms with Crippen molar-refractivity contribution in [3.8, 4) is 0 Å². The standard InChI is InChI=1S/C15H18N2O4/c18-14(9-13-10-21-7-6-16-13)17-12-3-1-2-11(8-12)4-5-15(19)20/h1-5,8,13,16H,6-7,9-10H2,(H,17,18)(H,19,20)/b5-4+. The van der Waals surface area contributed by atoms with E-state index in [1.807, 2.05) is 0 Å². The Hall–Kier alpha value is -2.18. The number of benzene rings is 1. The molecule has 0 bridgehead atoms. The van der Waals surface area contributed by atoms with Crippen molar-refractivity contribution < 1.29 is 19.4 Å². The number of carboxylic acid groups (broad SMARTS) is 1. The molecule has 1 saturated heterocycles. The van der Waals surface area contributed by atoms with Gasteiger partial charge >= 0.3 is 5.97 Å². The number of morpholine rings is 1. The molecule has 6 nitrogen and oxygen atoms in total. The highest BCUT2D eigenvalue weighted by molar-refractivity contribution is 5.91. The number of anilines is 1. The number of carbonyl (C=O) groups excluding carboxylic acids is 1. The molecule has 0 spiro atoms. The molecule has 1 aliphatic rings. The summed E-state index contributed by atoms with van der Waals surface area (Å²) in [6, 6.07) is 7.06. The van der Waals surface area contributed by atoms with E-state index < -0.39 is 5.97 Å². The van der Waals surface area contributed by atoms with Crippen molar-refractivity contribution in [3.05, 3.63) is 35.9 Å². The Morgan fingerprint density at radius 3 is 3.05 bits per heavy atom. The number of amides is 1. The number of hydrogen-bond donors (Lipinski definition) is 3. The third-order valence-electron chi connectivity index (χ3n) is 3.02. The van der Waals surface area contributed by atoms with Crippen LogP contribution in [0, 0.1) is 0 Å². The maximum Gasteiger partial charge on any atom is 0.328 e. The van der Waals surface area contributed by atoms with Crippen LogP contribution < -0.4 is 10.6 Å². The molecule has 0 aromatic heterocycles. The summed E-state index contributed by atoms with van der Waals surface area (Å²) in [4.78, 5) is 22.4. The van der Waals surface area contributed by atoms with Crippen LogP contribution in [0.1, 0.15) is 12.0 Å². The van der Waals surface area contributed by atoms with Crippen LogP contribution in [-0.2, 0) is 14.3 Å². The van der Waals surface area contributed by atoms with Gasteiger partial charge < -0.3 is 20.5 Å². The van der Waals surface area contributed by atoms with Gasteiger partial charge in [-0.25, -0.2) is 4.79 Å². The SMILES string of the molecule is O=C(O)/C=C/c1cccc(NC(=O)CC2COCCN2)c1. The zero-order chi connectivity index (χ0) is 15.1. The van der Waals surface area contributed by atoms with E-state index in [9.17, 15) is 9.59 Å². The zero-order valence-electron chi connectivity index (χ0n) is 11.5. The Labute approximate surface area is 122 Å². The first-order valence-corrected chi connectivity index (χ1v) is 6.75. The molecular weight excluding hydrogens is 272 g/mol. The molecule has 1 atom stereocenters. The lowest BCUT2D eigenvalue weighted by molar-refractivity contribution is -0.131. The predicted molar refractivity (Wildman–Crippen MR) is 79.0 cm³/mol. The Morgan fingerprint density at radius 1 is 1.48 bits per heavy atom. The highest BCUT2D eigenvalue weighted by Crippen LogP contribution is 2.13. The van der Waals surface area contributed by atoms with Gasteiger partial charge in [0.1, 0.15) is 0 Å². The summed E-state index contributed by atoms with van der Waals surface area (Å²) >= 11 is 0. The second-order valence-electron chi connectivity index (χ2n) is 4.78. The van der Waals surface area contributed by atoms with E-state index >= 15 is 0 Å². The van der Waals surface area contributed by atoms with Gasteiger partial charge in [0.15, 0.2) is 0 Å². The van der Waals surface area contributed by atoms with E-state index in [-0.39, 0.29) is 11.9 Å². The average Bonchev–Trinajstić information content (AvgIpc) is 2.46. The topological polar surface area (TPSA) is 87.7 Å².